The lowest BCUT2D eigenvalue weighted by atomic mass is 9.94. The van der Waals surface area contributed by atoms with Crippen LogP contribution in [0.3, 0.4) is 0 Å². The Morgan fingerprint density at radius 1 is 0.291 bits per heavy atom. The molecular formula is C51H32N4. The Morgan fingerprint density at radius 3 is 1.40 bits per heavy atom. The normalized spacial score (nSPS) is 11.6. The second kappa shape index (κ2) is 12.6. The van der Waals surface area contributed by atoms with Gasteiger partial charge in [-0.3, -0.25) is 4.57 Å². The lowest BCUT2D eigenvalue weighted by molar-refractivity contribution is 1.11. The molecule has 11 rings (SSSR count). The molecule has 4 nitrogen and oxygen atoms in total. The largest absolute Gasteiger partial charge is 0.291 e. The topological polar surface area (TPSA) is 43.6 Å². The molecule has 256 valence electrons. The Balaban J connectivity index is 1.06. The van der Waals surface area contributed by atoms with Gasteiger partial charge in [0.15, 0.2) is 0 Å². The zero-order valence-corrected chi connectivity index (χ0v) is 29.8. The molecule has 55 heavy (non-hydrogen) atoms. The summed E-state index contributed by atoms with van der Waals surface area (Å²) in [6.45, 7) is 0. The Labute approximate surface area is 318 Å². The third-order valence-electron chi connectivity index (χ3n) is 10.7. The van der Waals surface area contributed by atoms with Crippen molar-refractivity contribution in [3.8, 4) is 84.1 Å². The van der Waals surface area contributed by atoms with E-state index < -0.39 is 0 Å². The Kier molecular flexibility index (Phi) is 7.14. The van der Waals surface area contributed by atoms with Crippen LogP contribution in [0.5, 0.6) is 0 Å². The van der Waals surface area contributed by atoms with Crippen molar-refractivity contribution in [2.24, 2.45) is 0 Å². The molecule has 8 aromatic carbocycles. The van der Waals surface area contributed by atoms with Gasteiger partial charge in [0, 0.05) is 27.8 Å². The van der Waals surface area contributed by atoms with Gasteiger partial charge in [-0.25, -0.2) is 15.0 Å². The average molecular weight is 701 g/mol. The van der Waals surface area contributed by atoms with E-state index in [9.17, 15) is 0 Å². The molecule has 10 aromatic rings. The van der Waals surface area contributed by atoms with Crippen LogP contribution in [0.25, 0.3) is 106 Å². The highest BCUT2D eigenvalue weighted by molar-refractivity contribution is 6.04. The van der Waals surface area contributed by atoms with Crippen LogP contribution in [0.2, 0.25) is 0 Å². The van der Waals surface area contributed by atoms with Gasteiger partial charge >= 0.3 is 0 Å². The maximum atomic E-state index is 5.32. The van der Waals surface area contributed by atoms with Crippen LogP contribution in [0.1, 0.15) is 0 Å². The van der Waals surface area contributed by atoms with E-state index in [1.165, 1.54) is 27.8 Å². The summed E-state index contributed by atoms with van der Waals surface area (Å²) in [6, 6.07) is 68.5. The van der Waals surface area contributed by atoms with Gasteiger partial charge in [0.2, 0.25) is 0 Å². The van der Waals surface area contributed by atoms with Crippen molar-refractivity contribution in [3.63, 3.8) is 0 Å². The van der Waals surface area contributed by atoms with Crippen molar-refractivity contribution in [1.29, 1.82) is 0 Å². The lowest BCUT2D eigenvalue weighted by Gasteiger charge is -2.14. The van der Waals surface area contributed by atoms with E-state index >= 15 is 0 Å². The minimum atomic E-state index is 0.853. The number of rotatable bonds is 5. The number of nitrogens with zero attached hydrogens (tertiary/aromatic N) is 4. The second-order valence-corrected chi connectivity index (χ2v) is 14.0. The second-order valence-electron chi connectivity index (χ2n) is 14.0. The SMILES string of the molecule is c1ccc(-c2cccc(-c3nc4ccccc4nc3-c3cccc(-c4cccc(-c5nc6cccc7c6n5-c5ccccc5-c5ccccc5-7)c4)c3)c2)cc1. The number of hydrogen-bond donors (Lipinski definition) is 0. The summed E-state index contributed by atoms with van der Waals surface area (Å²) in [5, 5.41) is 0. The third-order valence-corrected chi connectivity index (χ3v) is 10.7. The molecule has 0 spiro atoms. The van der Waals surface area contributed by atoms with E-state index in [2.05, 4.69) is 168 Å². The van der Waals surface area contributed by atoms with Gasteiger partial charge in [-0.1, -0.05) is 152 Å². The van der Waals surface area contributed by atoms with Crippen LogP contribution in [0.15, 0.2) is 194 Å². The molecule has 3 heterocycles. The van der Waals surface area contributed by atoms with E-state index in [-0.39, 0.29) is 0 Å². The van der Waals surface area contributed by atoms with Crippen LogP contribution < -0.4 is 0 Å². The first-order valence-electron chi connectivity index (χ1n) is 18.6. The predicted molar refractivity (Wildman–Crippen MR) is 226 cm³/mol. The first-order valence-corrected chi connectivity index (χ1v) is 18.6. The molecule has 0 N–H and O–H groups in total. The number of benzene rings is 8. The van der Waals surface area contributed by atoms with Crippen molar-refractivity contribution < 1.29 is 0 Å². The maximum absolute atomic E-state index is 5.32. The van der Waals surface area contributed by atoms with E-state index in [0.29, 0.717) is 0 Å². The summed E-state index contributed by atoms with van der Waals surface area (Å²) in [6.07, 6.45) is 0. The summed E-state index contributed by atoms with van der Waals surface area (Å²) < 4.78 is 2.36. The van der Waals surface area contributed by atoms with Crippen LogP contribution in [-0.2, 0) is 0 Å². The first kappa shape index (κ1) is 31.1. The molecule has 0 bridgehead atoms. The van der Waals surface area contributed by atoms with Gasteiger partial charge in [-0.05, 0) is 75.8 Å². The maximum Gasteiger partial charge on any atom is 0.145 e. The Bertz CT molecular complexity index is 3100. The summed E-state index contributed by atoms with van der Waals surface area (Å²) in [7, 11) is 0. The molecular weight excluding hydrogens is 669 g/mol. The average Bonchev–Trinajstić information content (AvgIpc) is 3.61. The zero-order chi connectivity index (χ0) is 36.3. The number of aromatic nitrogens is 4. The van der Waals surface area contributed by atoms with Gasteiger partial charge < -0.3 is 0 Å². The fraction of sp³-hybridized carbons (Fsp3) is 0. The highest BCUT2D eigenvalue weighted by atomic mass is 15.1. The minimum absolute atomic E-state index is 0.853. The van der Waals surface area contributed by atoms with E-state index in [1.54, 1.807) is 0 Å². The molecule has 0 atom stereocenters. The molecule has 1 aliphatic rings. The molecule has 0 amide bonds. The van der Waals surface area contributed by atoms with Crippen molar-refractivity contribution in [2.45, 2.75) is 0 Å². The van der Waals surface area contributed by atoms with Crippen molar-refractivity contribution in [1.82, 2.24) is 19.5 Å². The fourth-order valence-corrected chi connectivity index (χ4v) is 8.18. The van der Waals surface area contributed by atoms with Gasteiger partial charge in [-0.15, -0.1) is 0 Å². The molecule has 0 unspecified atom stereocenters. The number of hydrogen-bond acceptors (Lipinski definition) is 3. The standard InChI is InChI=1S/C51H32N4/c1-2-14-33(15-3-1)34-16-10-19-37(30-34)48-49(53-45-27-8-7-26-44(45)52-48)38-20-11-17-35(31-38)36-18-12-21-39(32-36)51-54-46-28-13-25-43-41-23-5-4-22-40(41)42-24-6-9-29-47(42)55(51)50(43)46/h1-32H. The molecule has 0 saturated carbocycles. The molecule has 4 heteroatoms. The molecule has 2 aromatic heterocycles. The van der Waals surface area contributed by atoms with E-state index in [1.807, 2.05) is 30.3 Å². The zero-order valence-electron chi connectivity index (χ0n) is 29.8. The monoisotopic (exact) mass is 700 g/mol. The molecule has 0 radical (unpaired) electrons. The summed E-state index contributed by atoms with van der Waals surface area (Å²) in [5.74, 6) is 0.918. The molecule has 1 aliphatic heterocycles. The molecule has 0 aliphatic carbocycles. The van der Waals surface area contributed by atoms with Crippen LogP contribution in [0, 0.1) is 0 Å². The first-order chi connectivity index (χ1) is 27.3. The van der Waals surface area contributed by atoms with Crippen molar-refractivity contribution in [2.75, 3.05) is 0 Å². The lowest BCUT2D eigenvalue weighted by Crippen LogP contribution is -1.99. The summed E-state index contributed by atoms with van der Waals surface area (Å²) in [4.78, 5) is 15.8. The number of para-hydroxylation sites is 4. The molecule has 0 saturated heterocycles. The fourth-order valence-electron chi connectivity index (χ4n) is 8.18. The summed E-state index contributed by atoms with van der Waals surface area (Å²) >= 11 is 0. The van der Waals surface area contributed by atoms with Crippen LogP contribution >= 0.6 is 0 Å². The van der Waals surface area contributed by atoms with Gasteiger partial charge in [0.1, 0.15) is 5.82 Å². The predicted octanol–water partition coefficient (Wildman–Crippen LogP) is 13.0. The highest BCUT2D eigenvalue weighted by Crippen LogP contribution is 2.45. The van der Waals surface area contributed by atoms with Gasteiger partial charge in [0.05, 0.1) is 39.1 Å². The smallest absolute Gasteiger partial charge is 0.145 e. The van der Waals surface area contributed by atoms with Gasteiger partial charge in [-0.2, -0.15) is 0 Å². The minimum Gasteiger partial charge on any atom is -0.291 e. The number of imidazole rings is 1. The highest BCUT2D eigenvalue weighted by Gasteiger charge is 2.25. The van der Waals surface area contributed by atoms with Crippen molar-refractivity contribution >= 4 is 22.1 Å². The van der Waals surface area contributed by atoms with Gasteiger partial charge in [0.25, 0.3) is 0 Å². The third kappa shape index (κ3) is 5.19. The van der Waals surface area contributed by atoms with E-state index in [4.69, 9.17) is 15.0 Å². The summed E-state index contributed by atoms with van der Waals surface area (Å²) in [5.41, 5.74) is 19.1. The Morgan fingerprint density at radius 2 is 0.727 bits per heavy atom. The Hall–Kier alpha value is -7.43. The molecule has 0 fully saturated rings. The van der Waals surface area contributed by atoms with Crippen LogP contribution in [-0.4, -0.2) is 19.5 Å². The number of fused-ring (bicyclic) bond motifs is 6. The van der Waals surface area contributed by atoms with E-state index in [0.717, 1.165) is 78.3 Å². The van der Waals surface area contributed by atoms with Crippen LogP contribution in [0.4, 0.5) is 0 Å². The van der Waals surface area contributed by atoms with Crippen molar-refractivity contribution in [3.05, 3.63) is 194 Å². The quantitative estimate of drug-likeness (QED) is 0.179.